The molecule has 3 aromatic rings. The largest absolute Gasteiger partial charge is 0.478 e. The van der Waals surface area contributed by atoms with Gasteiger partial charge in [0.2, 0.25) is 0 Å². The number of aryl methyl sites for hydroxylation is 1. The molecule has 1 fully saturated rings. The third kappa shape index (κ3) is 2.45. The fourth-order valence-corrected chi connectivity index (χ4v) is 4.35. The first kappa shape index (κ1) is 14.5. The molecule has 4 nitrogen and oxygen atoms in total. The molecule has 0 radical (unpaired) electrons. The van der Waals surface area contributed by atoms with E-state index in [2.05, 4.69) is 23.6 Å². The average Bonchev–Trinajstić information content (AvgIpc) is 3.24. The molecule has 0 amide bonds. The van der Waals surface area contributed by atoms with E-state index in [4.69, 9.17) is 4.98 Å². The summed E-state index contributed by atoms with van der Waals surface area (Å²) >= 11 is 1.74. The Kier molecular flexibility index (Phi) is 3.45. The Morgan fingerprint density at radius 2 is 2.04 bits per heavy atom. The third-order valence-corrected chi connectivity index (χ3v) is 5.58. The predicted molar refractivity (Wildman–Crippen MR) is 92.2 cm³/mol. The van der Waals surface area contributed by atoms with E-state index >= 15 is 0 Å². The van der Waals surface area contributed by atoms with E-state index in [1.807, 2.05) is 6.07 Å². The lowest BCUT2D eigenvalue weighted by molar-refractivity contribution is 0.0697. The second kappa shape index (κ2) is 5.49. The van der Waals surface area contributed by atoms with Crippen LogP contribution in [0.25, 0.3) is 21.7 Å². The lowest BCUT2D eigenvalue weighted by Crippen LogP contribution is -2.06. The molecule has 23 heavy (non-hydrogen) atoms. The molecule has 2 aromatic heterocycles. The molecular weight excluding hydrogens is 308 g/mol. The summed E-state index contributed by atoms with van der Waals surface area (Å²) in [6.07, 6.45) is 4.84. The Morgan fingerprint density at radius 3 is 2.70 bits per heavy atom. The maximum Gasteiger partial charge on any atom is 0.335 e. The van der Waals surface area contributed by atoms with Crippen LogP contribution in [0.5, 0.6) is 0 Å². The van der Waals surface area contributed by atoms with Crippen LogP contribution in [-0.2, 0) is 0 Å². The fraction of sp³-hybridized carbons (Fsp3) is 0.333. The predicted octanol–water partition coefficient (Wildman–Crippen LogP) is 4.89. The summed E-state index contributed by atoms with van der Waals surface area (Å²) in [6, 6.07) is 9.97. The van der Waals surface area contributed by atoms with Crippen molar-refractivity contribution >= 4 is 28.3 Å². The summed E-state index contributed by atoms with van der Waals surface area (Å²) in [4.78, 5) is 18.4. The minimum Gasteiger partial charge on any atom is -0.478 e. The Labute approximate surface area is 138 Å². The van der Waals surface area contributed by atoms with Crippen LogP contribution in [-0.4, -0.2) is 20.6 Å². The number of aromatic nitrogens is 2. The topological polar surface area (TPSA) is 55.1 Å². The Hall–Kier alpha value is -2.14. The molecule has 0 unspecified atom stereocenters. The van der Waals surface area contributed by atoms with Crippen molar-refractivity contribution in [1.29, 1.82) is 0 Å². The van der Waals surface area contributed by atoms with E-state index in [1.54, 1.807) is 23.5 Å². The van der Waals surface area contributed by atoms with E-state index in [-0.39, 0.29) is 0 Å². The molecule has 0 aliphatic heterocycles. The minimum absolute atomic E-state index is 0.294. The Bertz CT molecular complexity index is 888. The molecule has 1 aliphatic rings. The molecule has 1 aliphatic carbocycles. The van der Waals surface area contributed by atoms with E-state index in [1.165, 1.54) is 30.6 Å². The first-order valence-corrected chi connectivity index (χ1v) is 8.77. The lowest BCUT2D eigenvalue weighted by Gasteiger charge is -2.15. The number of thiophene rings is 1. The van der Waals surface area contributed by atoms with Gasteiger partial charge in [0.25, 0.3) is 0 Å². The number of carboxylic acids is 1. The van der Waals surface area contributed by atoms with Gasteiger partial charge in [-0.15, -0.1) is 11.3 Å². The summed E-state index contributed by atoms with van der Waals surface area (Å²) in [5.74, 6) is 0.0726. The average molecular weight is 326 g/mol. The summed E-state index contributed by atoms with van der Waals surface area (Å²) in [6.45, 7) is 2.10. The van der Waals surface area contributed by atoms with Crippen molar-refractivity contribution in [3.05, 3.63) is 40.8 Å². The van der Waals surface area contributed by atoms with Gasteiger partial charge in [-0.05, 0) is 50.1 Å². The SMILES string of the molecule is Cc1ccc(-c2nc3cc(C(=O)O)ccc3n2C2CCCC2)s1. The first-order chi connectivity index (χ1) is 11.1. The van der Waals surface area contributed by atoms with Gasteiger partial charge in [-0.3, -0.25) is 0 Å². The molecule has 1 N–H and O–H groups in total. The number of imidazole rings is 1. The fourth-order valence-electron chi connectivity index (χ4n) is 3.49. The molecular formula is C18H18N2O2S. The summed E-state index contributed by atoms with van der Waals surface area (Å²) in [7, 11) is 0. The van der Waals surface area contributed by atoms with Crippen LogP contribution in [0.2, 0.25) is 0 Å². The zero-order chi connectivity index (χ0) is 16.0. The molecule has 5 heteroatoms. The molecule has 118 valence electrons. The zero-order valence-electron chi connectivity index (χ0n) is 13.0. The van der Waals surface area contributed by atoms with Crippen molar-refractivity contribution in [3.8, 4) is 10.7 Å². The van der Waals surface area contributed by atoms with Gasteiger partial charge in [-0.1, -0.05) is 12.8 Å². The molecule has 0 atom stereocenters. The summed E-state index contributed by atoms with van der Waals surface area (Å²) in [5.41, 5.74) is 2.11. The molecule has 0 spiro atoms. The van der Waals surface area contributed by atoms with Gasteiger partial charge in [0.15, 0.2) is 5.82 Å². The number of hydrogen-bond donors (Lipinski definition) is 1. The molecule has 1 saturated carbocycles. The zero-order valence-corrected chi connectivity index (χ0v) is 13.8. The molecule has 2 heterocycles. The van der Waals surface area contributed by atoms with Crippen molar-refractivity contribution in [1.82, 2.24) is 9.55 Å². The van der Waals surface area contributed by atoms with E-state index in [0.29, 0.717) is 11.6 Å². The van der Waals surface area contributed by atoms with Crippen LogP contribution in [0.1, 0.15) is 47.0 Å². The van der Waals surface area contributed by atoms with Crippen LogP contribution >= 0.6 is 11.3 Å². The van der Waals surface area contributed by atoms with Gasteiger partial charge >= 0.3 is 5.97 Å². The van der Waals surface area contributed by atoms with Crippen LogP contribution in [0, 0.1) is 6.92 Å². The van der Waals surface area contributed by atoms with Crippen molar-refractivity contribution < 1.29 is 9.90 Å². The van der Waals surface area contributed by atoms with E-state index in [0.717, 1.165) is 21.7 Å². The number of carbonyl (C=O) groups is 1. The highest BCUT2D eigenvalue weighted by Gasteiger charge is 2.24. The van der Waals surface area contributed by atoms with E-state index < -0.39 is 5.97 Å². The van der Waals surface area contributed by atoms with Crippen molar-refractivity contribution in [2.24, 2.45) is 0 Å². The van der Waals surface area contributed by atoms with Crippen molar-refractivity contribution in [2.45, 2.75) is 38.6 Å². The van der Waals surface area contributed by atoms with Gasteiger partial charge < -0.3 is 9.67 Å². The Morgan fingerprint density at radius 1 is 1.26 bits per heavy atom. The van der Waals surface area contributed by atoms with Crippen LogP contribution in [0.15, 0.2) is 30.3 Å². The van der Waals surface area contributed by atoms with Gasteiger partial charge in [0.1, 0.15) is 0 Å². The molecule has 0 saturated heterocycles. The number of nitrogens with zero attached hydrogens (tertiary/aromatic N) is 2. The van der Waals surface area contributed by atoms with Crippen LogP contribution in [0.3, 0.4) is 0 Å². The van der Waals surface area contributed by atoms with Crippen molar-refractivity contribution in [3.63, 3.8) is 0 Å². The normalized spacial score (nSPS) is 15.5. The van der Waals surface area contributed by atoms with Gasteiger partial charge in [-0.2, -0.15) is 0 Å². The summed E-state index contributed by atoms with van der Waals surface area (Å²) in [5, 5.41) is 9.22. The van der Waals surface area contributed by atoms with E-state index in [9.17, 15) is 9.90 Å². The second-order valence-electron chi connectivity index (χ2n) is 6.16. The number of aromatic carboxylic acids is 1. The van der Waals surface area contributed by atoms with Crippen LogP contribution < -0.4 is 0 Å². The van der Waals surface area contributed by atoms with Gasteiger partial charge in [-0.25, -0.2) is 9.78 Å². The third-order valence-electron chi connectivity index (χ3n) is 4.59. The van der Waals surface area contributed by atoms with Crippen LogP contribution in [0.4, 0.5) is 0 Å². The highest BCUT2D eigenvalue weighted by Crippen LogP contribution is 2.38. The number of fused-ring (bicyclic) bond motifs is 1. The number of carboxylic acid groups (broad SMARTS) is 1. The number of benzene rings is 1. The molecule has 1 aromatic carbocycles. The number of hydrogen-bond acceptors (Lipinski definition) is 3. The highest BCUT2D eigenvalue weighted by molar-refractivity contribution is 7.15. The smallest absolute Gasteiger partial charge is 0.335 e. The highest BCUT2D eigenvalue weighted by atomic mass is 32.1. The Balaban J connectivity index is 1.95. The minimum atomic E-state index is -0.907. The maximum atomic E-state index is 11.2. The number of rotatable bonds is 3. The standard InChI is InChI=1S/C18H18N2O2S/c1-11-6-9-16(23-11)17-19-14-10-12(18(21)22)7-8-15(14)20(17)13-4-2-3-5-13/h6-10,13H,2-5H2,1H3,(H,21,22). The summed E-state index contributed by atoms with van der Waals surface area (Å²) < 4.78 is 2.33. The second-order valence-corrected chi connectivity index (χ2v) is 7.45. The van der Waals surface area contributed by atoms with Crippen molar-refractivity contribution in [2.75, 3.05) is 0 Å². The quantitative estimate of drug-likeness (QED) is 0.746. The maximum absolute atomic E-state index is 11.2. The first-order valence-electron chi connectivity index (χ1n) is 7.95. The molecule has 0 bridgehead atoms. The van der Waals surface area contributed by atoms with Gasteiger partial charge in [0.05, 0.1) is 21.5 Å². The lowest BCUT2D eigenvalue weighted by atomic mass is 10.2. The monoisotopic (exact) mass is 326 g/mol. The molecule has 4 rings (SSSR count). The van der Waals surface area contributed by atoms with Gasteiger partial charge in [0, 0.05) is 10.9 Å².